The van der Waals surface area contributed by atoms with Crippen molar-refractivity contribution in [2.75, 3.05) is 39.6 Å². The van der Waals surface area contributed by atoms with Gasteiger partial charge in [0.15, 0.2) is 12.2 Å². The number of hydrogen-bond donors (Lipinski definition) is 3. The first-order chi connectivity index (χ1) is 46.5. The molecule has 5 atom stereocenters. The van der Waals surface area contributed by atoms with E-state index in [4.69, 9.17) is 37.0 Å². The summed E-state index contributed by atoms with van der Waals surface area (Å²) in [7, 11) is -9.91. The van der Waals surface area contributed by atoms with Gasteiger partial charge in [0.25, 0.3) is 0 Å². The second kappa shape index (κ2) is 70.1. The Hall–Kier alpha value is -1.94. The zero-order valence-electron chi connectivity index (χ0n) is 62.5. The smallest absolute Gasteiger partial charge is 0.462 e. The van der Waals surface area contributed by atoms with Crippen molar-refractivity contribution in [1.82, 2.24) is 0 Å². The maximum Gasteiger partial charge on any atom is 0.472 e. The number of rotatable bonds is 77. The highest BCUT2D eigenvalue weighted by Crippen LogP contribution is 2.45. The van der Waals surface area contributed by atoms with Crippen LogP contribution in [0.2, 0.25) is 0 Å². The Morgan fingerprint density at radius 3 is 0.708 bits per heavy atom. The van der Waals surface area contributed by atoms with Gasteiger partial charge in [-0.2, -0.15) is 0 Å². The fraction of sp³-hybridized carbons (Fsp3) is 0.948. The summed E-state index contributed by atoms with van der Waals surface area (Å²) in [5.74, 6) is -1.32. The molecule has 0 aromatic rings. The van der Waals surface area contributed by atoms with Crippen molar-refractivity contribution in [1.29, 1.82) is 0 Å². The van der Waals surface area contributed by atoms with Crippen molar-refractivity contribution in [3.63, 3.8) is 0 Å². The van der Waals surface area contributed by atoms with Crippen LogP contribution in [0, 0.1) is 5.92 Å². The zero-order chi connectivity index (χ0) is 70.5. The Balaban J connectivity index is 5.23. The summed E-state index contributed by atoms with van der Waals surface area (Å²) in [6.07, 6.45) is 59.5. The van der Waals surface area contributed by atoms with Crippen molar-refractivity contribution in [3.8, 4) is 0 Å². The van der Waals surface area contributed by atoms with Gasteiger partial charge < -0.3 is 33.8 Å². The van der Waals surface area contributed by atoms with Crippen LogP contribution in [0.1, 0.15) is 407 Å². The maximum atomic E-state index is 13.1. The number of esters is 4. The van der Waals surface area contributed by atoms with Crippen molar-refractivity contribution in [2.45, 2.75) is 425 Å². The summed E-state index contributed by atoms with van der Waals surface area (Å²) < 4.78 is 68.6. The third-order valence-electron chi connectivity index (χ3n) is 18.0. The second-order valence-electron chi connectivity index (χ2n) is 28.2. The lowest BCUT2D eigenvalue weighted by Gasteiger charge is -2.21. The quantitative estimate of drug-likeness (QED) is 0.0222. The van der Waals surface area contributed by atoms with Crippen LogP contribution in [0.3, 0.4) is 0 Å². The molecule has 2 unspecified atom stereocenters. The molecule has 0 heterocycles. The molecule has 0 radical (unpaired) electrons. The zero-order valence-corrected chi connectivity index (χ0v) is 64.3. The molecule has 19 heteroatoms. The minimum atomic E-state index is -4.96. The van der Waals surface area contributed by atoms with Crippen LogP contribution < -0.4 is 0 Å². The molecule has 17 nitrogen and oxygen atoms in total. The topological polar surface area (TPSA) is 237 Å². The summed E-state index contributed by atoms with van der Waals surface area (Å²) in [6, 6.07) is 0. The molecule has 0 aliphatic carbocycles. The standard InChI is InChI=1S/C77H150O17P2/c1-6-9-12-15-18-21-23-25-27-29-32-36-41-46-51-56-61-75(80)88-67-73(94-77(82)63-58-53-48-43-38-34-30-31-35-40-44-49-54-59-70(4)5)69-92-96(85,86)90-65-71(78)64-89-95(83,84)91-68-72(66-87-74(79)60-55-50-45-39-20-17-14-11-8-3)93-76(81)62-57-52-47-42-37-33-28-26-24-22-19-16-13-10-7-2/h70-73,78H,6-69H2,1-5H3,(H,83,84)(H,85,86)/t71-,72+,73+/m0/s1. The van der Waals surface area contributed by atoms with Gasteiger partial charge in [0.1, 0.15) is 19.3 Å². The van der Waals surface area contributed by atoms with E-state index in [0.29, 0.717) is 25.7 Å². The van der Waals surface area contributed by atoms with Crippen LogP contribution >= 0.6 is 15.6 Å². The largest absolute Gasteiger partial charge is 0.472 e. The van der Waals surface area contributed by atoms with Crippen LogP contribution in [0.15, 0.2) is 0 Å². The summed E-state index contributed by atoms with van der Waals surface area (Å²) in [5.41, 5.74) is 0. The van der Waals surface area contributed by atoms with Gasteiger partial charge in [-0.1, -0.05) is 356 Å². The summed E-state index contributed by atoms with van der Waals surface area (Å²) in [6.45, 7) is 7.31. The van der Waals surface area contributed by atoms with Crippen molar-refractivity contribution in [2.24, 2.45) is 5.92 Å². The number of hydrogen-bond acceptors (Lipinski definition) is 15. The Morgan fingerprint density at radius 1 is 0.281 bits per heavy atom. The SMILES string of the molecule is CCCCCCCCCCCCCCCCCCC(=O)OC[C@H](COP(=O)(O)OC[C@@H](O)COP(=O)(O)OC[C@@H](COC(=O)CCCCCCCCCCC)OC(=O)CCCCCCCCCCCCCCCCC)OC(=O)CCCCCCCCCCCCCCCC(C)C. The van der Waals surface area contributed by atoms with Crippen molar-refractivity contribution >= 4 is 39.5 Å². The van der Waals surface area contributed by atoms with Crippen LogP contribution in [0.5, 0.6) is 0 Å². The fourth-order valence-electron chi connectivity index (χ4n) is 11.9. The minimum absolute atomic E-state index is 0.108. The third kappa shape index (κ3) is 70.5. The molecule has 0 amide bonds. The molecule has 570 valence electrons. The normalized spacial score (nSPS) is 13.9. The number of ether oxygens (including phenoxy) is 4. The number of aliphatic hydroxyl groups is 1. The van der Waals surface area contributed by atoms with E-state index in [9.17, 15) is 43.2 Å². The minimum Gasteiger partial charge on any atom is -0.462 e. The van der Waals surface area contributed by atoms with Gasteiger partial charge in [0.2, 0.25) is 0 Å². The molecule has 0 rings (SSSR count). The number of carbonyl (C=O) groups excluding carboxylic acids is 4. The Morgan fingerprint density at radius 2 is 0.479 bits per heavy atom. The van der Waals surface area contributed by atoms with E-state index in [0.717, 1.165) is 95.8 Å². The molecular weight excluding hydrogens is 1260 g/mol. The highest BCUT2D eigenvalue weighted by atomic mass is 31.2. The molecule has 0 saturated heterocycles. The lowest BCUT2D eigenvalue weighted by molar-refractivity contribution is -0.161. The Labute approximate surface area is 588 Å². The number of carbonyl (C=O) groups is 4. The van der Waals surface area contributed by atoms with E-state index in [-0.39, 0.29) is 25.7 Å². The van der Waals surface area contributed by atoms with Gasteiger partial charge >= 0.3 is 39.5 Å². The Bertz CT molecular complexity index is 1840. The number of aliphatic hydroxyl groups excluding tert-OH is 1. The third-order valence-corrected chi connectivity index (χ3v) is 19.9. The highest BCUT2D eigenvalue weighted by molar-refractivity contribution is 7.47. The summed E-state index contributed by atoms with van der Waals surface area (Å²) in [5, 5.41) is 10.6. The van der Waals surface area contributed by atoms with E-state index < -0.39 is 97.5 Å². The number of phosphoric ester groups is 2. The van der Waals surface area contributed by atoms with E-state index in [1.807, 2.05) is 0 Å². The average molecular weight is 1410 g/mol. The summed E-state index contributed by atoms with van der Waals surface area (Å²) >= 11 is 0. The number of unbranched alkanes of at least 4 members (excludes halogenated alkanes) is 49. The predicted molar refractivity (Wildman–Crippen MR) is 391 cm³/mol. The highest BCUT2D eigenvalue weighted by Gasteiger charge is 2.30. The maximum absolute atomic E-state index is 13.1. The van der Waals surface area contributed by atoms with Gasteiger partial charge in [-0.15, -0.1) is 0 Å². The molecule has 0 spiro atoms. The molecule has 96 heavy (non-hydrogen) atoms. The van der Waals surface area contributed by atoms with Crippen LogP contribution in [0.4, 0.5) is 0 Å². The monoisotopic (exact) mass is 1410 g/mol. The summed E-state index contributed by atoms with van der Waals surface area (Å²) in [4.78, 5) is 72.8. The van der Waals surface area contributed by atoms with Gasteiger partial charge in [-0.25, -0.2) is 9.13 Å². The van der Waals surface area contributed by atoms with E-state index in [1.54, 1.807) is 0 Å². The lowest BCUT2D eigenvalue weighted by Crippen LogP contribution is -2.30. The first kappa shape index (κ1) is 94.1. The first-order valence-electron chi connectivity index (χ1n) is 40.1. The molecule has 0 saturated carbocycles. The average Bonchev–Trinajstić information content (AvgIpc) is 2.95. The van der Waals surface area contributed by atoms with Crippen molar-refractivity contribution < 1.29 is 80.2 Å². The van der Waals surface area contributed by atoms with Gasteiger partial charge in [-0.05, 0) is 31.6 Å². The van der Waals surface area contributed by atoms with E-state index >= 15 is 0 Å². The molecule has 0 bridgehead atoms. The van der Waals surface area contributed by atoms with E-state index in [2.05, 4.69) is 34.6 Å². The van der Waals surface area contributed by atoms with Gasteiger partial charge in [-0.3, -0.25) is 37.3 Å². The molecule has 0 aliphatic heterocycles. The number of phosphoric acid groups is 2. The van der Waals surface area contributed by atoms with Gasteiger partial charge in [0, 0.05) is 25.7 Å². The first-order valence-corrected chi connectivity index (χ1v) is 43.1. The molecule has 0 aromatic heterocycles. The predicted octanol–water partition coefficient (Wildman–Crippen LogP) is 22.9. The second-order valence-corrected chi connectivity index (χ2v) is 31.1. The molecule has 3 N–H and O–H groups in total. The van der Waals surface area contributed by atoms with E-state index in [1.165, 1.54) is 231 Å². The molecule has 0 aliphatic rings. The van der Waals surface area contributed by atoms with Crippen LogP contribution in [0.25, 0.3) is 0 Å². The van der Waals surface area contributed by atoms with Crippen LogP contribution in [-0.4, -0.2) is 96.7 Å². The van der Waals surface area contributed by atoms with Gasteiger partial charge in [0.05, 0.1) is 26.4 Å². The fourth-order valence-corrected chi connectivity index (χ4v) is 13.5. The Kier molecular flexibility index (Phi) is 68.7. The molecule has 0 fully saturated rings. The lowest BCUT2D eigenvalue weighted by atomic mass is 10.0. The molecular formula is C77H150O17P2. The molecule has 0 aromatic carbocycles. The van der Waals surface area contributed by atoms with Crippen molar-refractivity contribution in [3.05, 3.63) is 0 Å². The van der Waals surface area contributed by atoms with Crippen LogP contribution in [-0.2, 0) is 65.4 Å².